The third kappa shape index (κ3) is 3.33. The Morgan fingerprint density at radius 2 is 2.08 bits per heavy atom. The molecular weight excluding hydrogens is 310 g/mol. The second-order valence-corrected chi connectivity index (χ2v) is 5.16. The summed E-state index contributed by atoms with van der Waals surface area (Å²) in [6.45, 7) is 0.651. The molecule has 124 valence electrons. The van der Waals surface area contributed by atoms with Gasteiger partial charge in [-0.1, -0.05) is 30.3 Å². The third-order valence-electron chi connectivity index (χ3n) is 3.48. The Bertz CT molecular complexity index is 901. The van der Waals surface area contributed by atoms with Crippen LogP contribution in [0.2, 0.25) is 0 Å². The number of nitrogens with one attached hydrogen (secondary N) is 1. The molecule has 0 atom stereocenters. The van der Waals surface area contributed by atoms with E-state index < -0.39 is 0 Å². The molecule has 0 saturated carbocycles. The van der Waals surface area contributed by atoms with Crippen LogP contribution >= 0.6 is 0 Å². The van der Waals surface area contributed by atoms with Crippen LogP contribution in [-0.4, -0.2) is 45.6 Å². The zero-order valence-corrected chi connectivity index (χ0v) is 13.2. The first-order valence-corrected chi connectivity index (χ1v) is 7.45. The normalized spacial score (nSPS) is 10.9. The lowest BCUT2D eigenvalue weighted by Crippen LogP contribution is -2.35. The van der Waals surface area contributed by atoms with E-state index >= 15 is 0 Å². The van der Waals surface area contributed by atoms with Crippen molar-refractivity contribution < 1.29 is 9.53 Å². The molecule has 24 heavy (non-hydrogen) atoms. The van der Waals surface area contributed by atoms with E-state index in [4.69, 9.17) is 4.74 Å². The lowest BCUT2D eigenvalue weighted by molar-refractivity contribution is -0.122. The number of rotatable bonds is 6. The summed E-state index contributed by atoms with van der Waals surface area (Å²) in [4.78, 5) is 24.3. The average Bonchev–Trinajstić information content (AvgIpc) is 3.04. The van der Waals surface area contributed by atoms with E-state index in [0.717, 1.165) is 10.2 Å². The number of benzene rings is 1. The topological polar surface area (TPSA) is 90.5 Å². The molecule has 0 aliphatic heterocycles. The summed E-state index contributed by atoms with van der Waals surface area (Å²) in [5, 5.41) is 11.0. The number of hydrogen-bond acceptors (Lipinski definition) is 5. The highest BCUT2D eigenvalue weighted by molar-refractivity contribution is 5.75. The molecule has 1 amide bonds. The fraction of sp³-hybridized carbons (Fsp3) is 0.250. The summed E-state index contributed by atoms with van der Waals surface area (Å²) < 4.78 is 7.40. The number of carbonyl (C=O) groups excluding carboxylic acids is 1. The molecule has 0 radical (unpaired) electrons. The number of carbonyl (C=O) groups is 1. The van der Waals surface area contributed by atoms with Crippen molar-refractivity contribution in [1.82, 2.24) is 24.7 Å². The second-order valence-electron chi connectivity index (χ2n) is 5.16. The zero-order chi connectivity index (χ0) is 16.9. The first kappa shape index (κ1) is 15.9. The van der Waals surface area contributed by atoms with Gasteiger partial charge in [0.2, 0.25) is 5.91 Å². The largest absolute Gasteiger partial charge is 0.383 e. The van der Waals surface area contributed by atoms with Crippen LogP contribution in [0, 0.1) is 0 Å². The van der Waals surface area contributed by atoms with Gasteiger partial charge < -0.3 is 10.1 Å². The predicted molar refractivity (Wildman–Crippen MR) is 87.6 cm³/mol. The summed E-state index contributed by atoms with van der Waals surface area (Å²) >= 11 is 0. The molecule has 0 spiro atoms. The molecule has 1 N–H and O–H groups in total. The summed E-state index contributed by atoms with van der Waals surface area (Å²) in [6.07, 6.45) is 1.42. The Hall–Kier alpha value is -3.00. The van der Waals surface area contributed by atoms with Crippen molar-refractivity contribution in [3.05, 3.63) is 53.1 Å². The molecule has 3 rings (SSSR count). The molecule has 8 heteroatoms. The van der Waals surface area contributed by atoms with Crippen LogP contribution in [0.15, 0.2) is 47.5 Å². The summed E-state index contributed by atoms with van der Waals surface area (Å²) in [5.41, 5.74) is 1.59. The third-order valence-corrected chi connectivity index (χ3v) is 3.48. The van der Waals surface area contributed by atoms with Crippen LogP contribution < -0.4 is 10.9 Å². The molecular formula is C16H17N5O3. The van der Waals surface area contributed by atoms with E-state index in [2.05, 4.69) is 15.5 Å². The van der Waals surface area contributed by atoms with Gasteiger partial charge in [0.15, 0.2) is 0 Å². The Morgan fingerprint density at radius 3 is 2.83 bits per heavy atom. The minimum Gasteiger partial charge on any atom is -0.383 e. The van der Waals surface area contributed by atoms with E-state index in [0.29, 0.717) is 24.4 Å². The molecule has 2 heterocycles. The van der Waals surface area contributed by atoms with Gasteiger partial charge in [-0.15, -0.1) is 0 Å². The highest BCUT2D eigenvalue weighted by atomic mass is 16.5. The Morgan fingerprint density at radius 1 is 1.29 bits per heavy atom. The van der Waals surface area contributed by atoms with Gasteiger partial charge in [0.1, 0.15) is 18.4 Å². The molecule has 2 aromatic heterocycles. The van der Waals surface area contributed by atoms with Crippen LogP contribution in [0.3, 0.4) is 0 Å². The molecule has 1 aromatic carbocycles. The fourth-order valence-electron chi connectivity index (χ4n) is 2.29. The molecule has 0 fully saturated rings. The number of hydrogen-bond donors (Lipinski definition) is 1. The summed E-state index contributed by atoms with van der Waals surface area (Å²) in [5.74, 6) is -0.297. The van der Waals surface area contributed by atoms with Gasteiger partial charge in [-0.3, -0.25) is 9.59 Å². The van der Waals surface area contributed by atoms with E-state index in [1.807, 2.05) is 30.3 Å². The molecule has 0 unspecified atom stereocenters. The Balaban J connectivity index is 1.85. The highest BCUT2D eigenvalue weighted by Crippen LogP contribution is 2.17. The van der Waals surface area contributed by atoms with Gasteiger partial charge in [0.05, 0.1) is 12.3 Å². The number of amides is 1. The van der Waals surface area contributed by atoms with E-state index in [9.17, 15) is 9.59 Å². The van der Waals surface area contributed by atoms with Crippen LogP contribution in [0.25, 0.3) is 16.8 Å². The fourth-order valence-corrected chi connectivity index (χ4v) is 2.29. The SMILES string of the molecule is COCCNC(=O)Cn1ncn2nc(-c3ccccc3)cc2c1=O. The number of ether oxygens (including phenoxy) is 1. The molecule has 8 nitrogen and oxygen atoms in total. The van der Waals surface area contributed by atoms with Gasteiger partial charge >= 0.3 is 0 Å². The summed E-state index contributed by atoms with van der Waals surface area (Å²) in [6, 6.07) is 11.2. The van der Waals surface area contributed by atoms with E-state index in [1.165, 1.54) is 10.8 Å². The van der Waals surface area contributed by atoms with Gasteiger partial charge in [-0.2, -0.15) is 10.2 Å². The summed E-state index contributed by atoms with van der Waals surface area (Å²) in [7, 11) is 1.55. The number of methoxy groups -OCH3 is 1. The van der Waals surface area contributed by atoms with Crippen molar-refractivity contribution >= 4 is 11.4 Å². The van der Waals surface area contributed by atoms with E-state index in [1.54, 1.807) is 13.2 Å². The molecule has 0 aliphatic carbocycles. The quantitative estimate of drug-likeness (QED) is 0.659. The maximum absolute atomic E-state index is 12.5. The Labute approximate surface area is 137 Å². The maximum Gasteiger partial charge on any atom is 0.293 e. The zero-order valence-electron chi connectivity index (χ0n) is 13.2. The van der Waals surface area contributed by atoms with Crippen LogP contribution in [0.5, 0.6) is 0 Å². The van der Waals surface area contributed by atoms with Crippen LogP contribution in [0.1, 0.15) is 0 Å². The molecule has 0 bridgehead atoms. The van der Waals surface area contributed by atoms with Crippen molar-refractivity contribution in [3.63, 3.8) is 0 Å². The van der Waals surface area contributed by atoms with Gasteiger partial charge in [0, 0.05) is 19.2 Å². The van der Waals surface area contributed by atoms with Crippen LogP contribution in [-0.2, 0) is 16.1 Å². The van der Waals surface area contributed by atoms with Crippen molar-refractivity contribution in [1.29, 1.82) is 0 Å². The van der Waals surface area contributed by atoms with Crippen LogP contribution in [0.4, 0.5) is 0 Å². The monoisotopic (exact) mass is 327 g/mol. The minimum absolute atomic E-state index is 0.148. The van der Waals surface area contributed by atoms with Crippen molar-refractivity contribution in [2.45, 2.75) is 6.54 Å². The molecule has 0 saturated heterocycles. The highest BCUT2D eigenvalue weighted by Gasteiger charge is 2.11. The smallest absolute Gasteiger partial charge is 0.293 e. The van der Waals surface area contributed by atoms with Crippen molar-refractivity contribution in [3.8, 4) is 11.3 Å². The number of fused-ring (bicyclic) bond motifs is 1. The Kier molecular flexibility index (Phi) is 4.66. The minimum atomic E-state index is -0.367. The lowest BCUT2D eigenvalue weighted by atomic mass is 10.1. The average molecular weight is 327 g/mol. The lowest BCUT2D eigenvalue weighted by Gasteiger charge is -2.06. The van der Waals surface area contributed by atoms with Crippen molar-refractivity contribution in [2.75, 3.05) is 20.3 Å². The van der Waals surface area contributed by atoms with Gasteiger partial charge in [0.25, 0.3) is 5.56 Å². The number of aromatic nitrogens is 4. The standard InChI is InChI=1S/C16H17N5O3/c1-24-8-7-17-15(22)10-20-16(23)14-9-13(19-21(14)11-18-20)12-5-3-2-4-6-12/h2-6,9,11H,7-8,10H2,1H3,(H,17,22). The van der Waals surface area contributed by atoms with Gasteiger partial charge in [-0.05, 0) is 6.07 Å². The maximum atomic E-state index is 12.5. The predicted octanol–water partition coefficient (Wildman–Crippen LogP) is 0.321. The van der Waals surface area contributed by atoms with Crippen molar-refractivity contribution in [2.24, 2.45) is 0 Å². The van der Waals surface area contributed by atoms with E-state index in [-0.39, 0.29) is 18.0 Å². The molecule has 0 aliphatic rings. The number of nitrogens with zero attached hydrogens (tertiary/aromatic N) is 4. The second kappa shape index (κ2) is 7.05. The first-order valence-electron chi connectivity index (χ1n) is 7.45. The first-order chi connectivity index (χ1) is 11.7. The van der Waals surface area contributed by atoms with Gasteiger partial charge in [-0.25, -0.2) is 9.20 Å². The molecule has 3 aromatic rings.